The van der Waals surface area contributed by atoms with Crippen LogP contribution in [0.3, 0.4) is 0 Å². The zero-order valence-corrected chi connectivity index (χ0v) is 15.6. The highest BCUT2D eigenvalue weighted by molar-refractivity contribution is 9.10. The quantitative estimate of drug-likeness (QED) is 0.522. The SMILES string of the molecule is O=C(Nc1ccccn1)[C@@H](c1ccccc1)n1cc2ccc(Br)c(F)c2n1. The van der Waals surface area contributed by atoms with Gasteiger partial charge in [-0.3, -0.25) is 9.48 Å². The van der Waals surface area contributed by atoms with Gasteiger partial charge >= 0.3 is 0 Å². The molecule has 0 aliphatic rings. The molecule has 0 spiro atoms. The zero-order valence-electron chi connectivity index (χ0n) is 14.0. The predicted octanol–water partition coefficient (Wildman–Crippen LogP) is 4.56. The van der Waals surface area contributed by atoms with Gasteiger partial charge in [-0.25, -0.2) is 9.37 Å². The Hall–Kier alpha value is -3.06. The maximum atomic E-state index is 14.4. The molecule has 2 aromatic carbocycles. The topological polar surface area (TPSA) is 59.8 Å². The number of halogens is 2. The fraction of sp³-hybridized carbons (Fsp3) is 0.0500. The van der Waals surface area contributed by atoms with Gasteiger partial charge < -0.3 is 5.32 Å². The molecular weight excluding hydrogens is 411 g/mol. The molecule has 0 fully saturated rings. The number of benzene rings is 2. The second-order valence-electron chi connectivity index (χ2n) is 5.93. The van der Waals surface area contributed by atoms with Crippen molar-refractivity contribution >= 4 is 38.6 Å². The summed E-state index contributed by atoms with van der Waals surface area (Å²) in [4.78, 5) is 17.2. The molecule has 5 nitrogen and oxygen atoms in total. The number of nitrogens with zero attached hydrogens (tertiary/aromatic N) is 3. The third kappa shape index (κ3) is 3.46. The first-order valence-corrected chi connectivity index (χ1v) is 9.02. The number of aromatic nitrogens is 3. The van der Waals surface area contributed by atoms with Crippen molar-refractivity contribution in [3.63, 3.8) is 0 Å². The summed E-state index contributed by atoms with van der Waals surface area (Å²) in [5.41, 5.74) is 0.939. The van der Waals surface area contributed by atoms with E-state index in [4.69, 9.17) is 0 Å². The van der Waals surface area contributed by atoms with Gasteiger partial charge in [-0.05, 0) is 45.8 Å². The van der Waals surface area contributed by atoms with Gasteiger partial charge in [0.15, 0.2) is 11.9 Å². The van der Waals surface area contributed by atoms with Crippen molar-refractivity contribution in [1.29, 1.82) is 0 Å². The molecule has 134 valence electrons. The zero-order chi connectivity index (χ0) is 18.8. The highest BCUT2D eigenvalue weighted by Crippen LogP contribution is 2.27. The summed E-state index contributed by atoms with van der Waals surface area (Å²) in [6.07, 6.45) is 3.27. The van der Waals surface area contributed by atoms with Crippen LogP contribution in [0.5, 0.6) is 0 Å². The van der Waals surface area contributed by atoms with Crippen LogP contribution in [0, 0.1) is 5.82 Å². The number of anilines is 1. The minimum atomic E-state index is -0.765. The van der Waals surface area contributed by atoms with Crippen molar-refractivity contribution in [2.24, 2.45) is 0 Å². The molecule has 27 heavy (non-hydrogen) atoms. The number of pyridine rings is 1. The molecule has 1 N–H and O–H groups in total. The molecule has 0 aliphatic carbocycles. The lowest BCUT2D eigenvalue weighted by Crippen LogP contribution is -2.27. The van der Waals surface area contributed by atoms with Gasteiger partial charge in [0.2, 0.25) is 0 Å². The van der Waals surface area contributed by atoms with E-state index in [0.29, 0.717) is 15.7 Å². The van der Waals surface area contributed by atoms with Crippen molar-refractivity contribution in [3.8, 4) is 0 Å². The summed E-state index contributed by atoms with van der Waals surface area (Å²) < 4.78 is 16.2. The van der Waals surface area contributed by atoms with Crippen LogP contribution in [0.15, 0.2) is 77.5 Å². The van der Waals surface area contributed by atoms with Gasteiger partial charge in [-0.15, -0.1) is 0 Å². The Labute approximate surface area is 163 Å². The Kier molecular flexibility index (Phi) is 4.68. The van der Waals surface area contributed by atoms with Gasteiger partial charge in [0.05, 0.1) is 4.47 Å². The molecule has 1 amide bonds. The summed E-state index contributed by atoms with van der Waals surface area (Å²) in [5.74, 6) is -0.329. The lowest BCUT2D eigenvalue weighted by molar-refractivity contribution is -0.118. The first kappa shape index (κ1) is 17.4. The number of carbonyl (C=O) groups is 1. The summed E-state index contributed by atoms with van der Waals surface area (Å²) in [6.45, 7) is 0. The average Bonchev–Trinajstić information content (AvgIpc) is 3.11. The summed E-state index contributed by atoms with van der Waals surface area (Å²) in [5, 5.41) is 7.75. The Morgan fingerprint density at radius 1 is 1.07 bits per heavy atom. The third-order valence-electron chi connectivity index (χ3n) is 4.13. The molecule has 2 aromatic heterocycles. The lowest BCUT2D eigenvalue weighted by atomic mass is 10.1. The first-order chi connectivity index (χ1) is 13.1. The maximum Gasteiger partial charge on any atom is 0.254 e. The third-order valence-corrected chi connectivity index (χ3v) is 4.74. The summed E-state index contributed by atoms with van der Waals surface area (Å²) >= 11 is 3.17. The van der Waals surface area contributed by atoms with Gasteiger partial charge in [-0.1, -0.05) is 36.4 Å². The molecule has 4 aromatic rings. The summed E-state index contributed by atoms with van der Waals surface area (Å²) in [7, 11) is 0. The van der Waals surface area contributed by atoms with Crippen molar-refractivity contribution in [3.05, 3.63) is 88.9 Å². The van der Waals surface area contributed by atoms with Crippen LogP contribution < -0.4 is 5.32 Å². The molecule has 0 bridgehead atoms. The van der Waals surface area contributed by atoms with Gasteiger partial charge in [0.25, 0.3) is 5.91 Å². The largest absolute Gasteiger partial charge is 0.309 e. The molecule has 0 aliphatic heterocycles. The number of nitrogens with one attached hydrogen (secondary N) is 1. The standard InChI is InChI=1S/C20H14BrFN4O/c21-15-10-9-14-12-26(25-18(14)17(15)22)19(13-6-2-1-3-7-13)20(27)24-16-8-4-5-11-23-16/h1-12,19H,(H,23,24,27)/t19-/m1/s1. The van der Waals surface area contributed by atoms with Crippen molar-refractivity contribution < 1.29 is 9.18 Å². The van der Waals surface area contributed by atoms with E-state index in [1.165, 1.54) is 4.68 Å². The predicted molar refractivity (Wildman–Crippen MR) is 105 cm³/mol. The van der Waals surface area contributed by atoms with Gasteiger partial charge in [0.1, 0.15) is 11.3 Å². The normalized spacial score (nSPS) is 12.1. The Balaban J connectivity index is 1.79. The minimum absolute atomic E-state index is 0.205. The Morgan fingerprint density at radius 3 is 2.59 bits per heavy atom. The van der Waals surface area contributed by atoms with E-state index >= 15 is 0 Å². The molecule has 2 heterocycles. The summed E-state index contributed by atoms with van der Waals surface area (Å²) in [6, 6.07) is 17.1. The number of amides is 1. The van der Waals surface area contributed by atoms with Crippen LogP contribution in [-0.4, -0.2) is 20.7 Å². The number of fused-ring (bicyclic) bond motifs is 1. The van der Waals surface area contributed by atoms with Crippen LogP contribution in [-0.2, 0) is 4.79 Å². The Bertz CT molecular complexity index is 1100. The number of hydrogen-bond donors (Lipinski definition) is 1. The van der Waals surface area contributed by atoms with Crippen LogP contribution in [0.1, 0.15) is 11.6 Å². The van der Waals surface area contributed by atoms with Crippen LogP contribution in [0.25, 0.3) is 10.9 Å². The molecule has 0 radical (unpaired) electrons. The Morgan fingerprint density at radius 2 is 1.85 bits per heavy atom. The number of hydrogen-bond acceptors (Lipinski definition) is 3. The van der Waals surface area contributed by atoms with E-state index in [0.717, 1.165) is 5.56 Å². The molecule has 1 atom stereocenters. The van der Waals surface area contributed by atoms with Crippen molar-refractivity contribution in [2.45, 2.75) is 6.04 Å². The monoisotopic (exact) mass is 424 g/mol. The molecule has 4 rings (SSSR count). The van der Waals surface area contributed by atoms with Gasteiger partial charge in [-0.2, -0.15) is 5.10 Å². The van der Waals surface area contributed by atoms with E-state index in [1.54, 1.807) is 42.7 Å². The maximum absolute atomic E-state index is 14.4. The van der Waals surface area contributed by atoms with E-state index in [2.05, 4.69) is 31.3 Å². The fourth-order valence-corrected chi connectivity index (χ4v) is 3.19. The number of rotatable bonds is 4. The average molecular weight is 425 g/mol. The molecule has 0 unspecified atom stereocenters. The smallest absolute Gasteiger partial charge is 0.254 e. The second-order valence-corrected chi connectivity index (χ2v) is 6.78. The van der Waals surface area contributed by atoms with Gasteiger partial charge in [0, 0.05) is 17.8 Å². The molecule has 0 saturated carbocycles. The van der Waals surface area contributed by atoms with E-state index in [-0.39, 0.29) is 11.4 Å². The second kappa shape index (κ2) is 7.28. The molecular formula is C20H14BrFN4O. The highest BCUT2D eigenvalue weighted by atomic mass is 79.9. The van der Waals surface area contributed by atoms with Crippen molar-refractivity contribution in [1.82, 2.24) is 14.8 Å². The lowest BCUT2D eigenvalue weighted by Gasteiger charge is -2.17. The van der Waals surface area contributed by atoms with E-state index in [9.17, 15) is 9.18 Å². The van der Waals surface area contributed by atoms with Crippen molar-refractivity contribution in [2.75, 3.05) is 5.32 Å². The molecule has 0 saturated heterocycles. The van der Waals surface area contributed by atoms with Crippen LogP contribution in [0.2, 0.25) is 0 Å². The first-order valence-electron chi connectivity index (χ1n) is 8.23. The molecule has 7 heteroatoms. The van der Waals surface area contributed by atoms with Crippen LogP contribution in [0.4, 0.5) is 10.2 Å². The number of carbonyl (C=O) groups excluding carboxylic acids is 1. The van der Waals surface area contributed by atoms with Crippen LogP contribution >= 0.6 is 15.9 Å². The minimum Gasteiger partial charge on any atom is -0.309 e. The van der Waals surface area contributed by atoms with E-state index in [1.807, 2.05) is 30.3 Å². The van der Waals surface area contributed by atoms with E-state index < -0.39 is 11.9 Å². The highest BCUT2D eigenvalue weighted by Gasteiger charge is 2.25. The fourth-order valence-electron chi connectivity index (χ4n) is 2.87.